The van der Waals surface area contributed by atoms with Gasteiger partial charge in [0, 0.05) is 42.0 Å². The number of ether oxygens (including phenoxy) is 1. The number of carbonyl (C=O) groups excluding carboxylic acids is 1. The van der Waals surface area contributed by atoms with Gasteiger partial charge in [-0.25, -0.2) is 14.4 Å². The summed E-state index contributed by atoms with van der Waals surface area (Å²) < 4.78 is 20.4. The second-order valence-corrected chi connectivity index (χ2v) is 11.6. The second kappa shape index (κ2) is 12.0. The third kappa shape index (κ3) is 5.96. The molecule has 228 valence electrons. The van der Waals surface area contributed by atoms with Gasteiger partial charge in [0.05, 0.1) is 34.3 Å². The van der Waals surface area contributed by atoms with E-state index in [-0.39, 0.29) is 11.8 Å². The molecule has 1 aliphatic carbocycles. The quantitative estimate of drug-likeness (QED) is 0.187. The van der Waals surface area contributed by atoms with Gasteiger partial charge in [0.1, 0.15) is 29.2 Å². The van der Waals surface area contributed by atoms with Crippen molar-refractivity contribution < 1.29 is 13.9 Å². The van der Waals surface area contributed by atoms with Crippen molar-refractivity contribution in [2.75, 3.05) is 32.6 Å². The van der Waals surface area contributed by atoms with Gasteiger partial charge in [-0.1, -0.05) is 12.8 Å². The number of H-pyrrole nitrogens is 2. The molecule has 3 N–H and O–H groups in total. The fourth-order valence-corrected chi connectivity index (χ4v) is 5.69. The molecule has 0 unspecified atom stereocenters. The van der Waals surface area contributed by atoms with Crippen LogP contribution in [0.25, 0.3) is 56.1 Å². The molecule has 7 rings (SSSR count). The number of imidazole rings is 1. The Labute approximate surface area is 258 Å². The van der Waals surface area contributed by atoms with Crippen LogP contribution in [0.5, 0.6) is 5.75 Å². The molecule has 0 spiro atoms. The van der Waals surface area contributed by atoms with Crippen LogP contribution >= 0.6 is 0 Å². The highest BCUT2D eigenvalue weighted by Crippen LogP contribution is 2.33. The molecule has 5 aromatic heterocycles. The number of pyridine rings is 3. The number of anilines is 1. The lowest BCUT2D eigenvalue weighted by atomic mass is 10.1. The lowest BCUT2D eigenvalue weighted by Gasteiger charge is -2.12. The zero-order chi connectivity index (χ0) is 30.9. The molecule has 1 saturated carbocycles. The largest absolute Gasteiger partial charge is 0.492 e. The number of likely N-dealkylation sites (N-methyl/N-ethyl adjacent to an activating group) is 1. The van der Waals surface area contributed by atoms with E-state index in [0.29, 0.717) is 64.1 Å². The van der Waals surface area contributed by atoms with Crippen molar-refractivity contribution in [1.29, 1.82) is 0 Å². The number of fused-ring (bicyclic) bond motifs is 2. The van der Waals surface area contributed by atoms with Crippen LogP contribution in [0.3, 0.4) is 0 Å². The van der Waals surface area contributed by atoms with Gasteiger partial charge < -0.3 is 19.9 Å². The highest BCUT2D eigenvalue weighted by molar-refractivity contribution is 5.96. The summed E-state index contributed by atoms with van der Waals surface area (Å²) in [6.07, 6.45) is 9.05. The fraction of sp³-hybridized carbons (Fsp3) is 0.273. The lowest BCUT2D eigenvalue weighted by molar-refractivity contribution is -0.119. The van der Waals surface area contributed by atoms with E-state index in [1.165, 1.54) is 12.1 Å². The SMILES string of the molecule is CN(C)CCOc1cc(F)cc(-c2nccc3[nH]c(-c4n[nH]c5ccc(-c6cncc(NC(=O)C7CCCC7)c6)nc45)nc23)c1. The van der Waals surface area contributed by atoms with Crippen molar-refractivity contribution >= 4 is 33.7 Å². The second-order valence-electron chi connectivity index (χ2n) is 11.6. The average molecular weight is 606 g/mol. The van der Waals surface area contributed by atoms with E-state index in [0.717, 1.165) is 42.3 Å². The number of nitrogens with one attached hydrogen (secondary N) is 3. The van der Waals surface area contributed by atoms with E-state index in [9.17, 15) is 9.18 Å². The summed E-state index contributed by atoms with van der Waals surface area (Å²) in [5.41, 5.74) is 6.31. The molecule has 12 heteroatoms. The van der Waals surface area contributed by atoms with Gasteiger partial charge in [0.25, 0.3) is 0 Å². The van der Waals surface area contributed by atoms with Crippen molar-refractivity contribution in [3.63, 3.8) is 0 Å². The highest BCUT2D eigenvalue weighted by Gasteiger charge is 2.23. The van der Waals surface area contributed by atoms with Crippen LogP contribution in [0, 0.1) is 11.7 Å². The summed E-state index contributed by atoms with van der Waals surface area (Å²) in [4.78, 5) is 36.6. The number of hydrogen-bond donors (Lipinski definition) is 3. The molecule has 0 atom stereocenters. The van der Waals surface area contributed by atoms with Crippen molar-refractivity contribution in [1.82, 2.24) is 40.0 Å². The van der Waals surface area contributed by atoms with Crippen molar-refractivity contribution in [2.45, 2.75) is 25.7 Å². The minimum atomic E-state index is -0.423. The van der Waals surface area contributed by atoms with Crippen LogP contribution in [0.15, 0.2) is 61.1 Å². The predicted molar refractivity (Wildman–Crippen MR) is 170 cm³/mol. The lowest BCUT2D eigenvalue weighted by Crippen LogP contribution is -2.20. The van der Waals surface area contributed by atoms with E-state index < -0.39 is 5.82 Å². The van der Waals surface area contributed by atoms with Gasteiger partial charge in [0.2, 0.25) is 5.91 Å². The number of aromatic amines is 2. The number of hydrogen-bond acceptors (Lipinski definition) is 8. The molecule has 45 heavy (non-hydrogen) atoms. The van der Waals surface area contributed by atoms with E-state index in [4.69, 9.17) is 14.7 Å². The first-order chi connectivity index (χ1) is 21.9. The number of aromatic nitrogens is 7. The Hall–Kier alpha value is -5.23. The van der Waals surface area contributed by atoms with Gasteiger partial charge in [-0.15, -0.1) is 0 Å². The van der Waals surface area contributed by atoms with Gasteiger partial charge in [-0.3, -0.25) is 19.9 Å². The van der Waals surface area contributed by atoms with Crippen LogP contribution in [0.4, 0.5) is 10.1 Å². The maximum atomic E-state index is 14.6. The maximum absolute atomic E-state index is 14.6. The molecule has 1 aliphatic rings. The van der Waals surface area contributed by atoms with E-state index >= 15 is 0 Å². The third-order valence-corrected chi connectivity index (χ3v) is 8.01. The Kier molecular flexibility index (Phi) is 7.64. The van der Waals surface area contributed by atoms with Crippen LogP contribution in [0.2, 0.25) is 0 Å². The molecule has 0 saturated heterocycles. The summed E-state index contributed by atoms with van der Waals surface area (Å²) in [7, 11) is 3.90. The van der Waals surface area contributed by atoms with Crippen molar-refractivity contribution in [3.8, 4) is 39.8 Å². The predicted octanol–water partition coefficient (Wildman–Crippen LogP) is 5.83. The maximum Gasteiger partial charge on any atom is 0.227 e. The fourth-order valence-electron chi connectivity index (χ4n) is 5.69. The Bertz CT molecular complexity index is 2010. The molecular weight excluding hydrogens is 573 g/mol. The Morgan fingerprint density at radius 2 is 1.84 bits per heavy atom. The first-order valence-corrected chi connectivity index (χ1v) is 15.0. The topological polar surface area (TPSA) is 138 Å². The van der Waals surface area contributed by atoms with E-state index in [2.05, 4.69) is 30.5 Å². The number of nitrogens with zero attached hydrogens (tertiary/aromatic N) is 6. The number of carbonyl (C=O) groups is 1. The number of halogens is 1. The molecular formula is C33H32FN9O2. The van der Waals surface area contributed by atoms with Crippen molar-refractivity contribution in [3.05, 3.63) is 66.9 Å². The normalized spacial score (nSPS) is 13.7. The first-order valence-electron chi connectivity index (χ1n) is 15.0. The number of benzene rings is 1. The van der Waals surface area contributed by atoms with Crippen molar-refractivity contribution in [2.24, 2.45) is 5.92 Å². The van der Waals surface area contributed by atoms with Gasteiger partial charge >= 0.3 is 0 Å². The zero-order valence-corrected chi connectivity index (χ0v) is 25.0. The van der Waals surface area contributed by atoms with E-state index in [1.54, 1.807) is 24.7 Å². The van der Waals surface area contributed by atoms with Gasteiger partial charge in [-0.2, -0.15) is 5.10 Å². The summed E-state index contributed by atoms with van der Waals surface area (Å²) >= 11 is 0. The van der Waals surface area contributed by atoms with Gasteiger partial charge in [-0.05, 0) is 63.3 Å². The standard InChI is InChI=1S/C33H32FN9O2/c1-43(2)11-12-45-24-15-20(13-22(34)16-24)28-29-26(9-10-36-28)39-32(40-29)31-30-27(41-42-31)8-7-25(38-30)21-14-23(18-35-17-21)37-33(44)19-5-3-4-6-19/h7-10,13-19H,3-6,11-12H2,1-2H3,(H,37,44)(H,39,40)(H,41,42). The minimum Gasteiger partial charge on any atom is -0.492 e. The molecule has 0 radical (unpaired) electrons. The molecule has 1 amide bonds. The first kappa shape index (κ1) is 28.5. The molecule has 11 nitrogen and oxygen atoms in total. The van der Waals surface area contributed by atoms with Crippen LogP contribution in [0.1, 0.15) is 25.7 Å². The molecule has 0 bridgehead atoms. The molecule has 5 heterocycles. The van der Waals surface area contributed by atoms with Crippen LogP contribution < -0.4 is 10.1 Å². The summed E-state index contributed by atoms with van der Waals surface area (Å²) in [5.74, 6) is 0.587. The Morgan fingerprint density at radius 1 is 1.00 bits per heavy atom. The Morgan fingerprint density at radius 3 is 2.69 bits per heavy atom. The number of amides is 1. The number of rotatable bonds is 9. The summed E-state index contributed by atoms with van der Waals surface area (Å²) in [5, 5.41) is 10.6. The smallest absolute Gasteiger partial charge is 0.227 e. The minimum absolute atomic E-state index is 0.0389. The summed E-state index contributed by atoms with van der Waals surface area (Å²) in [6.45, 7) is 1.13. The molecule has 0 aliphatic heterocycles. The van der Waals surface area contributed by atoms with E-state index in [1.807, 2.05) is 43.3 Å². The van der Waals surface area contributed by atoms with Crippen LogP contribution in [-0.4, -0.2) is 73.2 Å². The molecule has 6 aromatic rings. The van der Waals surface area contributed by atoms with Gasteiger partial charge in [0.15, 0.2) is 11.5 Å². The summed E-state index contributed by atoms with van der Waals surface area (Å²) in [6, 6.07) is 12.0. The molecule has 1 aromatic carbocycles. The van der Waals surface area contributed by atoms with Crippen LogP contribution in [-0.2, 0) is 4.79 Å². The zero-order valence-electron chi connectivity index (χ0n) is 25.0. The average Bonchev–Trinajstić information content (AvgIpc) is 3.80. The molecule has 1 fully saturated rings. The highest BCUT2D eigenvalue weighted by atomic mass is 19.1. The Balaban J connectivity index is 1.20. The monoisotopic (exact) mass is 605 g/mol. The third-order valence-electron chi connectivity index (χ3n) is 8.01.